The monoisotopic (exact) mass is 341 g/mol. The van der Waals surface area contributed by atoms with Crippen LogP contribution in [-0.4, -0.2) is 32.9 Å². The minimum absolute atomic E-state index is 0.00890. The fraction of sp³-hybridized carbons (Fsp3) is 0.267. The first-order valence-corrected chi connectivity index (χ1v) is 6.87. The van der Waals surface area contributed by atoms with Crippen LogP contribution in [0.1, 0.15) is 21.6 Å². The highest BCUT2D eigenvalue weighted by Gasteiger charge is 2.29. The van der Waals surface area contributed by atoms with Crippen LogP contribution < -0.4 is 5.32 Å². The quantitative estimate of drug-likeness (QED) is 0.876. The molecule has 9 heteroatoms. The van der Waals surface area contributed by atoms with Crippen molar-refractivity contribution in [2.24, 2.45) is 0 Å². The van der Waals surface area contributed by atoms with Crippen molar-refractivity contribution in [3.05, 3.63) is 47.2 Å². The molecule has 0 aliphatic rings. The molecule has 2 rings (SSSR count). The number of benzene rings is 1. The highest BCUT2D eigenvalue weighted by Crippen LogP contribution is 2.20. The van der Waals surface area contributed by atoms with E-state index < -0.39 is 24.6 Å². The van der Waals surface area contributed by atoms with E-state index in [0.717, 1.165) is 4.68 Å². The highest BCUT2D eigenvalue weighted by atomic mass is 19.4. The van der Waals surface area contributed by atoms with Gasteiger partial charge < -0.3 is 10.4 Å². The molecule has 6 nitrogen and oxygen atoms in total. The van der Waals surface area contributed by atoms with Gasteiger partial charge in [0.15, 0.2) is 5.82 Å². The predicted molar refractivity (Wildman–Crippen MR) is 78.8 cm³/mol. The van der Waals surface area contributed by atoms with Crippen molar-refractivity contribution in [1.29, 1.82) is 0 Å². The summed E-state index contributed by atoms with van der Waals surface area (Å²) in [5, 5.41) is 14.9. The lowest BCUT2D eigenvalue weighted by molar-refractivity contribution is -0.143. The summed E-state index contributed by atoms with van der Waals surface area (Å²) in [5.74, 6) is -1.63. The molecule has 1 amide bonds. The minimum atomic E-state index is -4.41. The molecule has 0 unspecified atom stereocenters. The third-order valence-electron chi connectivity index (χ3n) is 3.10. The summed E-state index contributed by atoms with van der Waals surface area (Å²) in [7, 11) is 0. The molecule has 0 saturated carbocycles. The first-order valence-electron chi connectivity index (χ1n) is 6.87. The molecule has 0 bridgehead atoms. The van der Waals surface area contributed by atoms with Crippen molar-refractivity contribution in [3.8, 4) is 0 Å². The van der Waals surface area contributed by atoms with Gasteiger partial charge >= 0.3 is 12.1 Å². The molecule has 0 saturated heterocycles. The molecule has 0 aliphatic heterocycles. The molecule has 0 atom stereocenters. The standard InChI is InChI=1S/C15H14F3N3O3/c1-9-5-12(20-21(9)8-15(16,17)18)19-14(24)11-4-2-3-10(6-11)7-13(22)23/h2-6H,7-8H2,1H3,(H,22,23)(H,19,20,24). The fourth-order valence-corrected chi connectivity index (χ4v) is 2.09. The third kappa shape index (κ3) is 4.83. The van der Waals surface area contributed by atoms with E-state index in [-0.39, 0.29) is 23.5 Å². The van der Waals surface area contributed by atoms with Gasteiger partial charge in [-0.2, -0.15) is 18.3 Å². The molecule has 0 radical (unpaired) electrons. The summed E-state index contributed by atoms with van der Waals surface area (Å²) >= 11 is 0. The zero-order chi connectivity index (χ0) is 17.9. The number of carbonyl (C=O) groups is 2. The Labute approximate surface area is 134 Å². The van der Waals surface area contributed by atoms with E-state index in [2.05, 4.69) is 10.4 Å². The van der Waals surface area contributed by atoms with Gasteiger partial charge in [-0.1, -0.05) is 12.1 Å². The van der Waals surface area contributed by atoms with E-state index in [1.54, 1.807) is 6.07 Å². The second-order valence-electron chi connectivity index (χ2n) is 5.17. The summed E-state index contributed by atoms with van der Waals surface area (Å²) in [6.45, 7) is 0.199. The molecule has 1 aromatic heterocycles. The number of carbonyl (C=O) groups excluding carboxylic acids is 1. The number of aromatic nitrogens is 2. The third-order valence-corrected chi connectivity index (χ3v) is 3.10. The number of aliphatic carboxylic acids is 1. The van der Waals surface area contributed by atoms with Crippen LogP contribution in [0.15, 0.2) is 30.3 Å². The SMILES string of the molecule is Cc1cc(NC(=O)c2cccc(CC(=O)O)c2)nn1CC(F)(F)F. The van der Waals surface area contributed by atoms with Crippen LogP contribution in [0, 0.1) is 6.92 Å². The molecule has 128 valence electrons. The molecular weight excluding hydrogens is 327 g/mol. The summed E-state index contributed by atoms with van der Waals surface area (Å²) < 4.78 is 38.0. The molecule has 0 fully saturated rings. The summed E-state index contributed by atoms with van der Waals surface area (Å²) in [6, 6.07) is 7.29. The van der Waals surface area contributed by atoms with E-state index in [1.807, 2.05) is 0 Å². The fourth-order valence-electron chi connectivity index (χ4n) is 2.09. The van der Waals surface area contributed by atoms with Gasteiger partial charge in [-0.3, -0.25) is 14.3 Å². The Kier molecular flexibility index (Phi) is 4.91. The van der Waals surface area contributed by atoms with Crippen LogP contribution in [-0.2, 0) is 17.8 Å². The van der Waals surface area contributed by atoms with Crippen molar-refractivity contribution >= 4 is 17.7 Å². The normalized spacial score (nSPS) is 11.3. The Morgan fingerprint density at radius 1 is 1.29 bits per heavy atom. The van der Waals surface area contributed by atoms with Crippen molar-refractivity contribution in [2.75, 3.05) is 5.32 Å². The molecule has 2 N–H and O–H groups in total. The Balaban J connectivity index is 2.12. The lowest BCUT2D eigenvalue weighted by atomic mass is 10.1. The predicted octanol–water partition coefficient (Wildman–Crippen LogP) is 2.63. The molecule has 0 spiro atoms. The van der Waals surface area contributed by atoms with Gasteiger partial charge in [0.05, 0.1) is 6.42 Å². The van der Waals surface area contributed by atoms with Gasteiger partial charge in [0.25, 0.3) is 5.91 Å². The number of rotatable bonds is 5. The van der Waals surface area contributed by atoms with Crippen LogP contribution in [0.4, 0.5) is 19.0 Å². The number of amides is 1. The second-order valence-corrected chi connectivity index (χ2v) is 5.17. The van der Waals surface area contributed by atoms with Crippen LogP contribution in [0.5, 0.6) is 0 Å². The van der Waals surface area contributed by atoms with Crippen LogP contribution in [0.2, 0.25) is 0 Å². The van der Waals surface area contributed by atoms with Crippen molar-refractivity contribution in [2.45, 2.75) is 26.1 Å². The van der Waals surface area contributed by atoms with Crippen molar-refractivity contribution in [3.63, 3.8) is 0 Å². The van der Waals surface area contributed by atoms with Crippen LogP contribution in [0.3, 0.4) is 0 Å². The number of nitrogens with one attached hydrogen (secondary N) is 1. The average molecular weight is 341 g/mol. The Hall–Kier alpha value is -2.84. The van der Waals surface area contributed by atoms with Gasteiger partial charge in [-0.05, 0) is 24.6 Å². The molecule has 1 aromatic carbocycles. The number of carboxylic acids is 1. The Morgan fingerprint density at radius 2 is 2.00 bits per heavy atom. The number of aryl methyl sites for hydroxylation is 1. The maximum atomic E-state index is 12.4. The smallest absolute Gasteiger partial charge is 0.408 e. The number of hydrogen-bond acceptors (Lipinski definition) is 3. The molecule has 2 aromatic rings. The van der Waals surface area contributed by atoms with E-state index >= 15 is 0 Å². The molecule has 0 aliphatic carbocycles. The summed E-state index contributed by atoms with van der Waals surface area (Å²) in [4.78, 5) is 22.8. The van der Waals surface area contributed by atoms with Gasteiger partial charge in [0.1, 0.15) is 6.54 Å². The van der Waals surface area contributed by atoms with Gasteiger partial charge in [-0.25, -0.2) is 0 Å². The zero-order valence-corrected chi connectivity index (χ0v) is 12.6. The van der Waals surface area contributed by atoms with E-state index in [4.69, 9.17) is 5.11 Å². The molecule has 1 heterocycles. The molecule has 24 heavy (non-hydrogen) atoms. The van der Waals surface area contributed by atoms with Gasteiger partial charge in [-0.15, -0.1) is 0 Å². The maximum absolute atomic E-state index is 12.4. The number of anilines is 1. The van der Waals surface area contributed by atoms with Crippen LogP contribution in [0.25, 0.3) is 0 Å². The number of halogens is 3. The Morgan fingerprint density at radius 3 is 2.62 bits per heavy atom. The number of alkyl halides is 3. The van der Waals surface area contributed by atoms with E-state index in [9.17, 15) is 22.8 Å². The highest BCUT2D eigenvalue weighted by molar-refractivity contribution is 6.03. The largest absolute Gasteiger partial charge is 0.481 e. The summed E-state index contributed by atoms with van der Waals surface area (Å²) in [5.41, 5.74) is 0.882. The van der Waals surface area contributed by atoms with Gasteiger partial charge in [0, 0.05) is 17.3 Å². The second kappa shape index (κ2) is 6.73. The van der Waals surface area contributed by atoms with E-state index in [1.165, 1.54) is 31.2 Å². The van der Waals surface area contributed by atoms with Crippen molar-refractivity contribution < 1.29 is 27.9 Å². The molecular formula is C15H14F3N3O3. The Bertz CT molecular complexity index is 769. The first-order chi connectivity index (χ1) is 11.1. The summed E-state index contributed by atoms with van der Waals surface area (Å²) in [6.07, 6.45) is -4.65. The lowest BCUT2D eigenvalue weighted by Gasteiger charge is -2.07. The van der Waals surface area contributed by atoms with E-state index in [0.29, 0.717) is 5.56 Å². The average Bonchev–Trinajstić information content (AvgIpc) is 2.76. The number of hydrogen-bond donors (Lipinski definition) is 2. The van der Waals surface area contributed by atoms with Gasteiger partial charge in [0.2, 0.25) is 0 Å². The minimum Gasteiger partial charge on any atom is -0.481 e. The van der Waals surface area contributed by atoms with Crippen molar-refractivity contribution in [1.82, 2.24) is 9.78 Å². The first kappa shape index (κ1) is 17.5. The zero-order valence-electron chi connectivity index (χ0n) is 12.6. The number of carboxylic acid groups (broad SMARTS) is 1. The number of nitrogens with zero attached hydrogens (tertiary/aromatic N) is 2. The lowest BCUT2D eigenvalue weighted by Crippen LogP contribution is -2.20. The topological polar surface area (TPSA) is 84.2 Å². The van der Waals surface area contributed by atoms with Crippen LogP contribution >= 0.6 is 0 Å². The maximum Gasteiger partial charge on any atom is 0.408 e.